The predicted octanol–water partition coefficient (Wildman–Crippen LogP) is 7.14. The average molecular weight is 369 g/mol. The molecule has 1 unspecified atom stereocenters. The Morgan fingerprint density at radius 2 is 1.27 bits per heavy atom. The molecule has 0 aliphatic heterocycles. The predicted molar refractivity (Wildman–Crippen MR) is 118 cm³/mol. The Morgan fingerprint density at radius 3 is 1.85 bits per heavy atom. The molecule has 0 aliphatic carbocycles. The lowest BCUT2D eigenvalue weighted by atomic mass is 10.1. The molecule has 156 valence electrons. The van der Waals surface area contributed by atoms with Gasteiger partial charge in [-0.25, -0.2) is 0 Å². The molecule has 0 saturated heterocycles. The van der Waals surface area contributed by atoms with Crippen LogP contribution in [-0.4, -0.2) is 44.9 Å². The minimum atomic E-state index is 0.430. The van der Waals surface area contributed by atoms with E-state index in [4.69, 9.17) is 4.74 Å². The fraction of sp³-hybridized carbons (Fsp3) is 0.917. The van der Waals surface area contributed by atoms with E-state index in [1.807, 2.05) is 0 Å². The second-order valence-electron chi connectivity index (χ2n) is 9.07. The third kappa shape index (κ3) is 21.7. The van der Waals surface area contributed by atoms with Crippen molar-refractivity contribution in [3.05, 3.63) is 12.2 Å². The van der Waals surface area contributed by atoms with Crippen LogP contribution < -0.4 is 0 Å². The molecule has 0 spiro atoms. The van der Waals surface area contributed by atoms with E-state index in [1.165, 1.54) is 96.4 Å². The standard InChI is InChI=1S/C24H50NO/c1-6-7-8-9-10-11-12-13-14-15-16-17-18-19-21-24(2)26-23-20-22-25(3,4)5/h13-14,24H,6-12,15-23H2,1-5H3/q+1/b14-13-. The zero-order valence-corrected chi connectivity index (χ0v) is 18.9. The summed E-state index contributed by atoms with van der Waals surface area (Å²) >= 11 is 0. The summed E-state index contributed by atoms with van der Waals surface area (Å²) in [5, 5.41) is 0. The molecule has 2 nitrogen and oxygen atoms in total. The van der Waals surface area contributed by atoms with Gasteiger partial charge in [0, 0.05) is 6.42 Å². The molecule has 0 fully saturated rings. The van der Waals surface area contributed by atoms with Crippen LogP contribution in [0.4, 0.5) is 0 Å². The molecule has 2 heteroatoms. The summed E-state index contributed by atoms with van der Waals surface area (Å²) in [6.45, 7) is 6.63. The highest BCUT2D eigenvalue weighted by molar-refractivity contribution is 4.81. The van der Waals surface area contributed by atoms with Gasteiger partial charge in [-0.3, -0.25) is 0 Å². The molecule has 1 atom stereocenters. The lowest BCUT2D eigenvalue weighted by Gasteiger charge is -2.24. The number of hydrogen-bond donors (Lipinski definition) is 0. The fourth-order valence-electron chi connectivity index (χ4n) is 3.23. The number of unbranched alkanes of at least 4 members (excludes halogenated alkanes) is 10. The zero-order chi connectivity index (χ0) is 19.5. The third-order valence-electron chi connectivity index (χ3n) is 5.00. The van der Waals surface area contributed by atoms with Gasteiger partial charge in [0.2, 0.25) is 0 Å². The highest BCUT2D eigenvalue weighted by Gasteiger charge is 2.07. The minimum absolute atomic E-state index is 0.430. The van der Waals surface area contributed by atoms with Gasteiger partial charge < -0.3 is 9.22 Å². The van der Waals surface area contributed by atoms with Gasteiger partial charge in [0.1, 0.15) is 0 Å². The van der Waals surface area contributed by atoms with Gasteiger partial charge in [-0.2, -0.15) is 0 Å². The molecule has 0 aromatic rings. The lowest BCUT2D eigenvalue weighted by molar-refractivity contribution is -0.870. The van der Waals surface area contributed by atoms with Gasteiger partial charge in [0.05, 0.1) is 40.4 Å². The second-order valence-corrected chi connectivity index (χ2v) is 9.07. The summed E-state index contributed by atoms with van der Waals surface area (Å²) in [5.74, 6) is 0. The van der Waals surface area contributed by atoms with E-state index >= 15 is 0 Å². The van der Waals surface area contributed by atoms with Crippen molar-refractivity contribution in [1.82, 2.24) is 0 Å². The maximum absolute atomic E-state index is 5.93. The molecule has 0 rings (SSSR count). The van der Waals surface area contributed by atoms with Crippen LogP contribution in [0.2, 0.25) is 0 Å². The Hall–Kier alpha value is -0.340. The number of nitrogens with zero attached hydrogens (tertiary/aromatic N) is 1. The summed E-state index contributed by atoms with van der Waals surface area (Å²) < 4.78 is 6.96. The molecular formula is C24H50NO+. The molecular weight excluding hydrogens is 318 g/mol. The van der Waals surface area contributed by atoms with Gasteiger partial charge in [0.25, 0.3) is 0 Å². The Labute approximate surface area is 166 Å². The normalized spacial score (nSPS) is 13.6. The topological polar surface area (TPSA) is 9.23 Å². The molecule has 26 heavy (non-hydrogen) atoms. The highest BCUT2D eigenvalue weighted by Crippen LogP contribution is 2.11. The SMILES string of the molecule is CCCCCCCC/C=C\CCCCCCC(C)OCCC[N+](C)(C)C. The smallest absolute Gasteiger partial charge is 0.0802 e. The van der Waals surface area contributed by atoms with Crippen LogP contribution in [0.1, 0.15) is 104 Å². The van der Waals surface area contributed by atoms with Gasteiger partial charge in [0.15, 0.2) is 0 Å². The number of rotatable bonds is 19. The van der Waals surface area contributed by atoms with Crippen molar-refractivity contribution in [3.63, 3.8) is 0 Å². The van der Waals surface area contributed by atoms with Gasteiger partial charge in [-0.1, -0.05) is 70.4 Å². The molecule has 0 aliphatic rings. The number of hydrogen-bond acceptors (Lipinski definition) is 1. The van der Waals surface area contributed by atoms with E-state index in [2.05, 4.69) is 47.1 Å². The molecule has 0 aromatic heterocycles. The molecule has 0 aromatic carbocycles. The van der Waals surface area contributed by atoms with E-state index < -0.39 is 0 Å². The number of allylic oxidation sites excluding steroid dienone is 2. The van der Waals surface area contributed by atoms with Crippen LogP contribution >= 0.6 is 0 Å². The second kappa shape index (κ2) is 18.0. The van der Waals surface area contributed by atoms with E-state index in [-0.39, 0.29) is 0 Å². The Kier molecular flexibility index (Phi) is 17.8. The molecule has 0 radical (unpaired) electrons. The third-order valence-corrected chi connectivity index (χ3v) is 5.00. The summed E-state index contributed by atoms with van der Waals surface area (Å²) in [7, 11) is 6.73. The average Bonchev–Trinajstić information content (AvgIpc) is 2.58. The van der Waals surface area contributed by atoms with Crippen molar-refractivity contribution in [2.75, 3.05) is 34.3 Å². The zero-order valence-electron chi connectivity index (χ0n) is 18.9. The highest BCUT2D eigenvalue weighted by atomic mass is 16.5. The van der Waals surface area contributed by atoms with Crippen LogP contribution in [0, 0.1) is 0 Å². The first-order chi connectivity index (χ1) is 12.5. The van der Waals surface area contributed by atoms with Gasteiger partial charge >= 0.3 is 0 Å². The largest absolute Gasteiger partial charge is 0.378 e. The number of ether oxygens (including phenoxy) is 1. The summed E-state index contributed by atoms with van der Waals surface area (Å²) in [5.41, 5.74) is 0. The fourth-order valence-corrected chi connectivity index (χ4v) is 3.23. The van der Waals surface area contributed by atoms with Crippen LogP contribution in [0.25, 0.3) is 0 Å². The first-order valence-corrected chi connectivity index (χ1v) is 11.5. The molecule has 0 saturated carbocycles. The first kappa shape index (κ1) is 25.7. The Morgan fingerprint density at radius 1 is 0.731 bits per heavy atom. The van der Waals surface area contributed by atoms with Crippen LogP contribution in [0.5, 0.6) is 0 Å². The Bertz CT molecular complexity index is 306. The minimum Gasteiger partial charge on any atom is -0.378 e. The number of quaternary nitrogens is 1. The van der Waals surface area contributed by atoms with Crippen LogP contribution in [0.3, 0.4) is 0 Å². The Balaban J connectivity index is 3.26. The van der Waals surface area contributed by atoms with E-state index in [9.17, 15) is 0 Å². The van der Waals surface area contributed by atoms with Crippen molar-refractivity contribution < 1.29 is 9.22 Å². The van der Waals surface area contributed by atoms with Crippen molar-refractivity contribution in [2.24, 2.45) is 0 Å². The summed E-state index contributed by atoms with van der Waals surface area (Å²) in [6, 6.07) is 0. The quantitative estimate of drug-likeness (QED) is 0.134. The lowest BCUT2D eigenvalue weighted by Crippen LogP contribution is -2.35. The van der Waals surface area contributed by atoms with Gasteiger partial charge in [-0.15, -0.1) is 0 Å². The maximum atomic E-state index is 5.93. The van der Waals surface area contributed by atoms with E-state index in [0.717, 1.165) is 11.1 Å². The molecule has 0 amide bonds. The van der Waals surface area contributed by atoms with Crippen LogP contribution in [-0.2, 0) is 4.74 Å². The monoisotopic (exact) mass is 368 g/mol. The molecule has 0 heterocycles. The summed E-state index contributed by atoms with van der Waals surface area (Å²) in [4.78, 5) is 0. The van der Waals surface area contributed by atoms with Crippen molar-refractivity contribution in [3.8, 4) is 0 Å². The molecule has 0 bridgehead atoms. The van der Waals surface area contributed by atoms with Crippen molar-refractivity contribution >= 4 is 0 Å². The van der Waals surface area contributed by atoms with Crippen LogP contribution in [0.15, 0.2) is 12.2 Å². The first-order valence-electron chi connectivity index (χ1n) is 11.5. The van der Waals surface area contributed by atoms with Crippen molar-refractivity contribution in [1.29, 1.82) is 0 Å². The van der Waals surface area contributed by atoms with Gasteiger partial charge in [-0.05, 0) is 39.0 Å². The molecule has 0 N–H and O–H groups in total. The maximum Gasteiger partial charge on any atom is 0.0802 e. The summed E-state index contributed by atoms with van der Waals surface area (Å²) in [6.07, 6.45) is 24.0. The van der Waals surface area contributed by atoms with Crippen molar-refractivity contribution in [2.45, 2.75) is 110 Å². The van der Waals surface area contributed by atoms with E-state index in [0.29, 0.717) is 6.10 Å². The van der Waals surface area contributed by atoms with E-state index in [1.54, 1.807) is 0 Å².